The molecule has 3 heteroatoms. The zero-order chi connectivity index (χ0) is 13.9. The monoisotopic (exact) mass is 264 g/mol. The number of aliphatic hydroxyl groups is 1. The van der Waals surface area contributed by atoms with Crippen LogP contribution in [0.1, 0.15) is 51.4 Å². The minimum atomic E-state index is -0.522. The number of cyclic esters (lactones) is 1. The van der Waals surface area contributed by atoms with E-state index in [0.29, 0.717) is 5.76 Å². The number of hydrogen-bond acceptors (Lipinski definition) is 3. The largest absolute Gasteiger partial charge is 0.424 e. The van der Waals surface area contributed by atoms with Crippen molar-refractivity contribution < 1.29 is 14.6 Å². The second-order valence-electron chi connectivity index (χ2n) is 4.88. The highest BCUT2D eigenvalue weighted by atomic mass is 16.5. The summed E-state index contributed by atoms with van der Waals surface area (Å²) in [6.07, 6.45) is 14.9. The minimum Gasteiger partial charge on any atom is -0.424 e. The molecule has 0 spiro atoms. The molecule has 19 heavy (non-hydrogen) atoms. The molecule has 0 aromatic rings. The van der Waals surface area contributed by atoms with Crippen molar-refractivity contribution >= 4 is 5.97 Å². The SMILES string of the molecule is C=CCCCCCCCC[C@H](O)C=C1C=CC(=O)O1. The van der Waals surface area contributed by atoms with E-state index in [-0.39, 0.29) is 5.97 Å². The van der Waals surface area contributed by atoms with Crippen molar-refractivity contribution in [2.75, 3.05) is 0 Å². The molecule has 0 radical (unpaired) electrons. The molecule has 0 saturated carbocycles. The predicted molar refractivity (Wildman–Crippen MR) is 76.5 cm³/mol. The summed E-state index contributed by atoms with van der Waals surface area (Å²) in [6.45, 7) is 3.70. The van der Waals surface area contributed by atoms with Crippen LogP contribution in [0.2, 0.25) is 0 Å². The summed E-state index contributed by atoms with van der Waals surface area (Å²) >= 11 is 0. The fourth-order valence-electron chi connectivity index (χ4n) is 2.05. The number of ether oxygens (including phenoxy) is 1. The van der Waals surface area contributed by atoms with Gasteiger partial charge in [-0.15, -0.1) is 6.58 Å². The lowest BCUT2D eigenvalue weighted by molar-refractivity contribution is -0.132. The first-order valence-corrected chi connectivity index (χ1v) is 7.13. The van der Waals surface area contributed by atoms with Gasteiger partial charge in [0.1, 0.15) is 5.76 Å². The van der Waals surface area contributed by atoms with E-state index in [1.807, 2.05) is 6.08 Å². The Morgan fingerprint density at radius 3 is 2.47 bits per heavy atom. The van der Waals surface area contributed by atoms with Crippen LogP contribution < -0.4 is 0 Å². The molecule has 1 N–H and O–H groups in total. The van der Waals surface area contributed by atoms with Gasteiger partial charge in [-0.1, -0.05) is 38.2 Å². The molecule has 0 bridgehead atoms. The average molecular weight is 264 g/mol. The van der Waals surface area contributed by atoms with Crippen molar-refractivity contribution in [2.45, 2.75) is 57.5 Å². The predicted octanol–water partition coefficient (Wildman–Crippen LogP) is 3.65. The Bertz CT molecular complexity index is 342. The Balaban J connectivity index is 1.99. The van der Waals surface area contributed by atoms with Gasteiger partial charge in [0.2, 0.25) is 0 Å². The quantitative estimate of drug-likeness (QED) is 0.372. The van der Waals surface area contributed by atoms with Gasteiger partial charge in [-0.3, -0.25) is 0 Å². The average Bonchev–Trinajstić information content (AvgIpc) is 2.78. The Morgan fingerprint density at radius 2 is 1.84 bits per heavy atom. The molecule has 1 heterocycles. The van der Waals surface area contributed by atoms with E-state index >= 15 is 0 Å². The van der Waals surface area contributed by atoms with E-state index in [1.165, 1.54) is 31.8 Å². The molecule has 0 saturated heterocycles. The Morgan fingerprint density at radius 1 is 1.16 bits per heavy atom. The summed E-state index contributed by atoms with van der Waals surface area (Å²) in [5.74, 6) is 0.0971. The highest BCUT2D eigenvalue weighted by Crippen LogP contribution is 2.14. The molecule has 1 rings (SSSR count). The van der Waals surface area contributed by atoms with Crippen LogP contribution in [0.4, 0.5) is 0 Å². The van der Waals surface area contributed by atoms with E-state index in [2.05, 4.69) is 6.58 Å². The van der Waals surface area contributed by atoms with Gasteiger partial charge in [-0.2, -0.15) is 0 Å². The summed E-state index contributed by atoms with van der Waals surface area (Å²) in [7, 11) is 0. The van der Waals surface area contributed by atoms with E-state index in [0.717, 1.165) is 25.7 Å². The maximum absolute atomic E-state index is 10.8. The Hall–Kier alpha value is -1.35. The molecular weight excluding hydrogens is 240 g/mol. The fraction of sp³-hybridized carbons (Fsp3) is 0.562. The van der Waals surface area contributed by atoms with Gasteiger partial charge in [0.15, 0.2) is 0 Å². The van der Waals surface area contributed by atoms with Crippen molar-refractivity contribution in [3.05, 3.63) is 36.6 Å². The molecule has 106 valence electrons. The van der Waals surface area contributed by atoms with Crippen molar-refractivity contribution in [2.24, 2.45) is 0 Å². The lowest BCUT2D eigenvalue weighted by Gasteiger charge is -2.06. The lowest BCUT2D eigenvalue weighted by atomic mass is 10.1. The number of carbonyl (C=O) groups is 1. The van der Waals surface area contributed by atoms with Gasteiger partial charge in [0, 0.05) is 6.08 Å². The van der Waals surface area contributed by atoms with Gasteiger partial charge in [0.05, 0.1) is 6.10 Å². The first-order chi connectivity index (χ1) is 9.22. The normalized spacial score (nSPS) is 17.7. The molecule has 1 atom stereocenters. The zero-order valence-corrected chi connectivity index (χ0v) is 11.5. The van der Waals surface area contributed by atoms with Crippen LogP contribution in [-0.2, 0) is 9.53 Å². The topological polar surface area (TPSA) is 46.5 Å². The van der Waals surface area contributed by atoms with E-state index in [4.69, 9.17) is 4.74 Å². The number of aliphatic hydroxyl groups excluding tert-OH is 1. The van der Waals surface area contributed by atoms with E-state index < -0.39 is 6.10 Å². The number of allylic oxidation sites excluding steroid dienone is 2. The minimum absolute atomic E-state index is 0.363. The van der Waals surface area contributed by atoms with Crippen molar-refractivity contribution in [3.8, 4) is 0 Å². The number of carbonyl (C=O) groups excluding carboxylic acids is 1. The number of rotatable bonds is 10. The smallest absolute Gasteiger partial charge is 0.336 e. The first kappa shape index (κ1) is 15.7. The van der Waals surface area contributed by atoms with Crippen LogP contribution in [0.15, 0.2) is 36.6 Å². The number of unbranched alkanes of at least 4 members (excludes halogenated alkanes) is 6. The standard InChI is InChI=1S/C16H24O3/c1-2-3-4-5-6-7-8-9-10-14(17)13-15-11-12-16(18)19-15/h2,11-14,17H,1,3-10H2/t14-/m0/s1. The fourth-order valence-corrected chi connectivity index (χ4v) is 2.05. The van der Waals surface area contributed by atoms with Gasteiger partial charge >= 0.3 is 5.97 Å². The van der Waals surface area contributed by atoms with E-state index in [9.17, 15) is 9.90 Å². The van der Waals surface area contributed by atoms with Crippen LogP contribution in [-0.4, -0.2) is 17.2 Å². The maximum Gasteiger partial charge on any atom is 0.336 e. The molecule has 3 nitrogen and oxygen atoms in total. The molecule has 0 aliphatic carbocycles. The van der Waals surface area contributed by atoms with Gasteiger partial charge < -0.3 is 9.84 Å². The first-order valence-electron chi connectivity index (χ1n) is 7.13. The summed E-state index contributed by atoms with van der Waals surface area (Å²) in [6, 6.07) is 0. The number of esters is 1. The van der Waals surface area contributed by atoms with Crippen LogP contribution in [0, 0.1) is 0 Å². The van der Waals surface area contributed by atoms with Gasteiger partial charge in [0.25, 0.3) is 0 Å². The van der Waals surface area contributed by atoms with Crippen LogP contribution in [0.3, 0.4) is 0 Å². The molecule has 0 unspecified atom stereocenters. The third-order valence-electron chi connectivity index (χ3n) is 3.12. The zero-order valence-electron chi connectivity index (χ0n) is 11.5. The van der Waals surface area contributed by atoms with Gasteiger partial charge in [-0.25, -0.2) is 4.79 Å². The van der Waals surface area contributed by atoms with Gasteiger partial charge in [-0.05, 0) is 31.4 Å². The second-order valence-corrected chi connectivity index (χ2v) is 4.88. The molecular formula is C16H24O3. The highest BCUT2D eigenvalue weighted by Gasteiger charge is 2.11. The van der Waals surface area contributed by atoms with Crippen LogP contribution >= 0.6 is 0 Å². The molecule has 0 aromatic heterocycles. The lowest BCUT2D eigenvalue weighted by Crippen LogP contribution is -2.04. The van der Waals surface area contributed by atoms with Crippen LogP contribution in [0.25, 0.3) is 0 Å². The van der Waals surface area contributed by atoms with Crippen molar-refractivity contribution in [3.63, 3.8) is 0 Å². The summed E-state index contributed by atoms with van der Waals surface area (Å²) < 4.78 is 4.86. The summed E-state index contributed by atoms with van der Waals surface area (Å²) in [5, 5.41) is 9.76. The molecule has 0 fully saturated rings. The Kier molecular flexibility index (Phi) is 7.91. The summed E-state index contributed by atoms with van der Waals surface area (Å²) in [4.78, 5) is 10.8. The van der Waals surface area contributed by atoms with E-state index in [1.54, 1.807) is 12.2 Å². The molecule has 0 aromatic carbocycles. The molecule has 1 aliphatic heterocycles. The Labute approximate surface area is 115 Å². The maximum atomic E-state index is 10.8. The highest BCUT2D eigenvalue weighted by molar-refractivity contribution is 5.86. The van der Waals surface area contributed by atoms with Crippen molar-refractivity contribution in [1.82, 2.24) is 0 Å². The molecule has 0 amide bonds. The van der Waals surface area contributed by atoms with Crippen molar-refractivity contribution in [1.29, 1.82) is 0 Å². The third kappa shape index (κ3) is 7.62. The third-order valence-corrected chi connectivity index (χ3v) is 3.12. The number of hydrogen-bond donors (Lipinski definition) is 1. The molecule has 1 aliphatic rings. The van der Waals surface area contributed by atoms with Crippen LogP contribution in [0.5, 0.6) is 0 Å². The summed E-state index contributed by atoms with van der Waals surface area (Å²) in [5.41, 5.74) is 0. The second kappa shape index (κ2) is 9.56.